The summed E-state index contributed by atoms with van der Waals surface area (Å²) in [6.07, 6.45) is 2.21. The molecule has 21 heavy (non-hydrogen) atoms. The highest BCUT2D eigenvalue weighted by Gasteiger charge is 2.30. The van der Waals surface area contributed by atoms with E-state index in [1.54, 1.807) is 0 Å². The van der Waals surface area contributed by atoms with Crippen molar-refractivity contribution in [2.24, 2.45) is 0 Å². The van der Waals surface area contributed by atoms with Gasteiger partial charge in [-0.05, 0) is 49.1 Å². The number of nitrogens with two attached hydrogens (primary N) is 1. The van der Waals surface area contributed by atoms with Crippen molar-refractivity contribution in [2.75, 3.05) is 10.6 Å². The normalized spacial score (nSPS) is 16.8. The zero-order valence-corrected chi connectivity index (χ0v) is 12.3. The molecule has 2 N–H and O–H groups in total. The van der Waals surface area contributed by atoms with Crippen molar-refractivity contribution in [3.05, 3.63) is 59.7 Å². The highest BCUT2D eigenvalue weighted by Crippen LogP contribution is 2.34. The van der Waals surface area contributed by atoms with Gasteiger partial charge in [0.1, 0.15) is 0 Å². The molecule has 1 heterocycles. The molecule has 0 bridgehead atoms. The van der Waals surface area contributed by atoms with E-state index in [4.69, 9.17) is 5.73 Å². The molecule has 1 aliphatic rings. The van der Waals surface area contributed by atoms with Crippen molar-refractivity contribution in [1.29, 1.82) is 0 Å². The topological polar surface area (TPSA) is 46.3 Å². The molecule has 1 unspecified atom stereocenters. The van der Waals surface area contributed by atoms with Crippen molar-refractivity contribution in [1.82, 2.24) is 0 Å². The highest BCUT2D eigenvalue weighted by atomic mass is 16.2. The average molecular weight is 280 g/mol. The first kappa shape index (κ1) is 13.7. The van der Waals surface area contributed by atoms with Crippen LogP contribution in [0.1, 0.15) is 24.5 Å². The minimum absolute atomic E-state index is 0.190. The van der Waals surface area contributed by atoms with E-state index in [1.165, 1.54) is 11.1 Å². The Morgan fingerprint density at radius 1 is 1.24 bits per heavy atom. The second kappa shape index (κ2) is 5.60. The maximum absolute atomic E-state index is 12.6. The number of aryl methyl sites for hydroxylation is 1. The van der Waals surface area contributed by atoms with Crippen LogP contribution in [0.5, 0.6) is 0 Å². The summed E-state index contributed by atoms with van der Waals surface area (Å²) in [6.45, 7) is 2.09. The van der Waals surface area contributed by atoms with E-state index in [2.05, 4.69) is 19.1 Å². The van der Waals surface area contributed by atoms with Gasteiger partial charge in [-0.25, -0.2) is 0 Å². The fourth-order valence-electron chi connectivity index (χ4n) is 3.05. The molecule has 2 aromatic rings. The Balaban J connectivity index is 1.73. The largest absolute Gasteiger partial charge is 0.399 e. The summed E-state index contributed by atoms with van der Waals surface area (Å²) in [4.78, 5) is 14.5. The van der Waals surface area contributed by atoms with Crippen molar-refractivity contribution in [2.45, 2.75) is 32.2 Å². The van der Waals surface area contributed by atoms with Gasteiger partial charge < -0.3 is 10.6 Å². The van der Waals surface area contributed by atoms with E-state index < -0.39 is 0 Å². The van der Waals surface area contributed by atoms with Crippen LogP contribution in [0.4, 0.5) is 11.4 Å². The van der Waals surface area contributed by atoms with Crippen LogP contribution >= 0.6 is 0 Å². The van der Waals surface area contributed by atoms with Crippen molar-refractivity contribution >= 4 is 17.3 Å². The minimum Gasteiger partial charge on any atom is -0.399 e. The molecular weight excluding hydrogens is 260 g/mol. The Morgan fingerprint density at radius 3 is 2.76 bits per heavy atom. The van der Waals surface area contributed by atoms with Crippen molar-refractivity contribution < 1.29 is 4.79 Å². The summed E-state index contributed by atoms with van der Waals surface area (Å²) in [7, 11) is 0. The number of rotatable bonds is 3. The smallest absolute Gasteiger partial charge is 0.227 e. The Morgan fingerprint density at radius 2 is 2.00 bits per heavy atom. The fraction of sp³-hybridized carbons (Fsp3) is 0.278. The lowest BCUT2D eigenvalue weighted by molar-refractivity contribution is -0.118. The summed E-state index contributed by atoms with van der Waals surface area (Å²) < 4.78 is 0. The average Bonchev–Trinajstić information content (AvgIpc) is 2.81. The Kier molecular flexibility index (Phi) is 3.65. The van der Waals surface area contributed by atoms with Crippen LogP contribution in [-0.2, 0) is 17.6 Å². The van der Waals surface area contributed by atoms with E-state index in [-0.39, 0.29) is 11.9 Å². The van der Waals surface area contributed by atoms with E-state index in [0.717, 1.165) is 24.2 Å². The molecule has 2 aromatic carbocycles. The van der Waals surface area contributed by atoms with Gasteiger partial charge in [0.05, 0.1) is 0 Å². The molecule has 3 rings (SSSR count). The number of hydrogen-bond acceptors (Lipinski definition) is 2. The molecule has 0 saturated carbocycles. The number of benzene rings is 2. The van der Waals surface area contributed by atoms with Gasteiger partial charge in [-0.2, -0.15) is 0 Å². The first-order valence-corrected chi connectivity index (χ1v) is 7.39. The monoisotopic (exact) mass is 280 g/mol. The summed E-state index contributed by atoms with van der Waals surface area (Å²) in [6, 6.07) is 16.2. The molecule has 1 aliphatic heterocycles. The maximum Gasteiger partial charge on any atom is 0.227 e. The Labute approximate surface area is 125 Å². The zero-order valence-electron chi connectivity index (χ0n) is 12.3. The standard InChI is InChI=1S/C18H20N2O/c1-13-11-15-12-16(19)8-9-17(15)20(13)18(21)10-7-14-5-3-2-4-6-14/h2-6,8-9,12-13H,7,10-11,19H2,1H3. The van der Waals surface area contributed by atoms with E-state index in [0.29, 0.717) is 6.42 Å². The van der Waals surface area contributed by atoms with Gasteiger partial charge >= 0.3 is 0 Å². The van der Waals surface area contributed by atoms with Gasteiger partial charge in [-0.1, -0.05) is 30.3 Å². The molecule has 3 heteroatoms. The Hall–Kier alpha value is -2.29. The van der Waals surface area contributed by atoms with Crippen LogP contribution in [0.2, 0.25) is 0 Å². The fourth-order valence-corrected chi connectivity index (χ4v) is 3.05. The number of amides is 1. The third-order valence-electron chi connectivity index (χ3n) is 4.06. The zero-order chi connectivity index (χ0) is 14.8. The van der Waals surface area contributed by atoms with E-state index >= 15 is 0 Å². The van der Waals surface area contributed by atoms with Crippen LogP contribution in [0.15, 0.2) is 48.5 Å². The van der Waals surface area contributed by atoms with Crippen molar-refractivity contribution in [3.8, 4) is 0 Å². The predicted molar refractivity (Wildman–Crippen MR) is 86.3 cm³/mol. The molecule has 1 atom stereocenters. The van der Waals surface area contributed by atoms with E-state index in [1.807, 2.05) is 41.3 Å². The van der Waals surface area contributed by atoms with Gasteiger partial charge in [-0.3, -0.25) is 4.79 Å². The first-order chi connectivity index (χ1) is 10.1. The van der Waals surface area contributed by atoms with Crippen LogP contribution in [-0.4, -0.2) is 11.9 Å². The lowest BCUT2D eigenvalue weighted by atomic mass is 10.1. The number of nitrogen functional groups attached to an aromatic ring is 1. The van der Waals surface area contributed by atoms with Crippen molar-refractivity contribution in [3.63, 3.8) is 0 Å². The molecule has 1 amide bonds. The van der Waals surface area contributed by atoms with Gasteiger partial charge in [0, 0.05) is 23.8 Å². The van der Waals surface area contributed by atoms with Crippen LogP contribution in [0, 0.1) is 0 Å². The second-order valence-corrected chi connectivity index (χ2v) is 5.69. The lowest BCUT2D eigenvalue weighted by Gasteiger charge is -2.22. The number of carbonyl (C=O) groups excluding carboxylic acids is 1. The van der Waals surface area contributed by atoms with Gasteiger partial charge in [0.2, 0.25) is 5.91 Å². The molecule has 0 spiro atoms. The third kappa shape index (κ3) is 2.77. The summed E-state index contributed by atoms with van der Waals surface area (Å²) in [5.41, 5.74) is 10.00. The third-order valence-corrected chi connectivity index (χ3v) is 4.06. The van der Waals surface area contributed by atoms with Gasteiger partial charge in [0.15, 0.2) is 0 Å². The van der Waals surface area contributed by atoms with Gasteiger partial charge in [0.25, 0.3) is 0 Å². The molecule has 3 nitrogen and oxygen atoms in total. The van der Waals surface area contributed by atoms with Crippen LogP contribution < -0.4 is 10.6 Å². The van der Waals surface area contributed by atoms with Gasteiger partial charge in [-0.15, -0.1) is 0 Å². The molecule has 0 fully saturated rings. The highest BCUT2D eigenvalue weighted by molar-refractivity contribution is 5.96. The second-order valence-electron chi connectivity index (χ2n) is 5.69. The minimum atomic E-state index is 0.190. The summed E-state index contributed by atoms with van der Waals surface area (Å²) >= 11 is 0. The number of carbonyl (C=O) groups is 1. The molecule has 0 saturated heterocycles. The SMILES string of the molecule is CC1Cc2cc(N)ccc2N1C(=O)CCc1ccccc1. The van der Waals surface area contributed by atoms with Crippen LogP contribution in [0.25, 0.3) is 0 Å². The number of fused-ring (bicyclic) bond motifs is 1. The number of nitrogens with zero attached hydrogens (tertiary/aromatic N) is 1. The molecule has 0 aliphatic carbocycles. The number of hydrogen-bond donors (Lipinski definition) is 1. The quantitative estimate of drug-likeness (QED) is 0.878. The first-order valence-electron chi connectivity index (χ1n) is 7.39. The molecule has 0 aromatic heterocycles. The lowest BCUT2D eigenvalue weighted by Crippen LogP contribution is -2.35. The molecular formula is C18H20N2O. The maximum atomic E-state index is 12.6. The molecule has 0 radical (unpaired) electrons. The van der Waals surface area contributed by atoms with Crippen LogP contribution in [0.3, 0.4) is 0 Å². The van der Waals surface area contributed by atoms with E-state index in [9.17, 15) is 4.79 Å². The number of anilines is 2. The summed E-state index contributed by atoms with van der Waals surface area (Å²) in [5.74, 6) is 0.190. The summed E-state index contributed by atoms with van der Waals surface area (Å²) in [5, 5.41) is 0. The predicted octanol–water partition coefficient (Wildman–Crippen LogP) is 3.18. The Bertz CT molecular complexity index is 652. The molecule has 108 valence electrons.